The van der Waals surface area contributed by atoms with Crippen LogP contribution in [0.2, 0.25) is 0 Å². The average Bonchev–Trinajstić information content (AvgIpc) is 2.73. The molecule has 15 heavy (non-hydrogen) atoms. The topological polar surface area (TPSA) is 40.7 Å². The number of aromatic amines is 1. The number of hydrogen-bond acceptors (Lipinski definition) is 2. The minimum atomic E-state index is 0.666. The summed E-state index contributed by atoms with van der Waals surface area (Å²) in [7, 11) is 0. The SMILES string of the molecule is C[C@H]1[C@H](C)CCC[C@H]1NCc1ncc[nH]1. The molecule has 1 aromatic heterocycles. The van der Waals surface area contributed by atoms with Crippen molar-refractivity contribution < 1.29 is 0 Å². The van der Waals surface area contributed by atoms with Crippen LogP contribution >= 0.6 is 0 Å². The molecule has 1 saturated carbocycles. The van der Waals surface area contributed by atoms with Gasteiger partial charge in [0.25, 0.3) is 0 Å². The van der Waals surface area contributed by atoms with Crippen molar-refractivity contribution in [2.75, 3.05) is 0 Å². The van der Waals surface area contributed by atoms with Crippen molar-refractivity contribution in [3.05, 3.63) is 18.2 Å². The summed E-state index contributed by atoms with van der Waals surface area (Å²) in [5, 5.41) is 3.61. The molecule has 2 N–H and O–H groups in total. The van der Waals surface area contributed by atoms with Crippen LogP contribution in [0, 0.1) is 11.8 Å². The molecule has 84 valence electrons. The lowest BCUT2D eigenvalue weighted by Crippen LogP contribution is -2.40. The van der Waals surface area contributed by atoms with Crippen LogP contribution in [0.5, 0.6) is 0 Å². The van der Waals surface area contributed by atoms with Crippen LogP contribution in [0.1, 0.15) is 38.9 Å². The highest BCUT2D eigenvalue weighted by atomic mass is 15.0. The number of H-pyrrole nitrogens is 1. The van der Waals surface area contributed by atoms with Crippen LogP contribution in [-0.2, 0) is 6.54 Å². The van der Waals surface area contributed by atoms with Gasteiger partial charge in [0, 0.05) is 18.4 Å². The van der Waals surface area contributed by atoms with Crippen LogP contribution in [0.25, 0.3) is 0 Å². The van der Waals surface area contributed by atoms with Crippen LogP contribution < -0.4 is 5.32 Å². The summed E-state index contributed by atoms with van der Waals surface area (Å²) in [6.45, 7) is 5.60. The highest BCUT2D eigenvalue weighted by Crippen LogP contribution is 2.29. The van der Waals surface area contributed by atoms with Crippen molar-refractivity contribution in [2.24, 2.45) is 11.8 Å². The van der Waals surface area contributed by atoms with Crippen molar-refractivity contribution in [3.8, 4) is 0 Å². The molecule has 0 aromatic carbocycles. The number of hydrogen-bond donors (Lipinski definition) is 2. The molecule has 3 atom stereocenters. The van der Waals surface area contributed by atoms with Gasteiger partial charge >= 0.3 is 0 Å². The molecule has 2 rings (SSSR count). The molecule has 1 fully saturated rings. The normalized spacial score (nSPS) is 31.7. The third kappa shape index (κ3) is 2.59. The first-order chi connectivity index (χ1) is 7.27. The van der Waals surface area contributed by atoms with Crippen LogP contribution in [0.3, 0.4) is 0 Å². The van der Waals surface area contributed by atoms with Gasteiger partial charge in [0.15, 0.2) is 0 Å². The quantitative estimate of drug-likeness (QED) is 0.798. The number of nitrogens with zero attached hydrogens (tertiary/aromatic N) is 1. The summed E-state index contributed by atoms with van der Waals surface area (Å²) in [4.78, 5) is 7.36. The first-order valence-electron chi connectivity index (χ1n) is 5.99. The van der Waals surface area contributed by atoms with Crippen molar-refractivity contribution in [2.45, 2.75) is 45.7 Å². The lowest BCUT2D eigenvalue weighted by atomic mass is 9.78. The third-order valence-corrected chi connectivity index (χ3v) is 3.79. The Morgan fingerprint density at radius 1 is 1.47 bits per heavy atom. The lowest BCUT2D eigenvalue weighted by molar-refractivity contribution is 0.205. The van der Waals surface area contributed by atoms with E-state index in [4.69, 9.17) is 0 Å². The molecule has 1 aromatic rings. The number of imidazole rings is 1. The van der Waals surface area contributed by atoms with Crippen LogP contribution in [0.15, 0.2) is 12.4 Å². The highest BCUT2D eigenvalue weighted by Gasteiger charge is 2.26. The molecular formula is C12H21N3. The summed E-state index contributed by atoms with van der Waals surface area (Å²) in [5.74, 6) is 2.68. The maximum Gasteiger partial charge on any atom is 0.120 e. The minimum Gasteiger partial charge on any atom is -0.348 e. The fourth-order valence-electron chi connectivity index (χ4n) is 2.49. The molecule has 0 unspecified atom stereocenters. The van der Waals surface area contributed by atoms with Gasteiger partial charge in [0.2, 0.25) is 0 Å². The summed E-state index contributed by atoms with van der Waals surface area (Å²) in [6, 6.07) is 0.666. The van der Waals surface area contributed by atoms with E-state index >= 15 is 0 Å². The van der Waals surface area contributed by atoms with Gasteiger partial charge in [-0.2, -0.15) is 0 Å². The van der Waals surface area contributed by atoms with E-state index < -0.39 is 0 Å². The molecule has 1 aliphatic carbocycles. The largest absolute Gasteiger partial charge is 0.348 e. The highest BCUT2D eigenvalue weighted by molar-refractivity contribution is 4.89. The van der Waals surface area contributed by atoms with Gasteiger partial charge in [0.05, 0.1) is 6.54 Å². The van der Waals surface area contributed by atoms with Gasteiger partial charge in [-0.25, -0.2) is 4.98 Å². The Bertz CT molecular complexity index is 281. The average molecular weight is 207 g/mol. The zero-order chi connectivity index (χ0) is 10.7. The Hall–Kier alpha value is -0.830. The third-order valence-electron chi connectivity index (χ3n) is 3.79. The van der Waals surface area contributed by atoms with E-state index in [0.29, 0.717) is 6.04 Å². The Morgan fingerprint density at radius 2 is 2.33 bits per heavy atom. The van der Waals surface area contributed by atoms with E-state index in [1.807, 2.05) is 12.4 Å². The standard InChI is InChI=1S/C12H21N3/c1-9-4-3-5-11(10(9)2)15-8-12-13-6-7-14-12/h6-7,9-11,15H,3-5,8H2,1-2H3,(H,13,14)/t9-,10+,11-/m1/s1. The zero-order valence-corrected chi connectivity index (χ0v) is 9.66. The Balaban J connectivity index is 1.83. The Morgan fingerprint density at radius 3 is 3.07 bits per heavy atom. The molecule has 0 amide bonds. The number of aromatic nitrogens is 2. The maximum absolute atomic E-state index is 4.23. The van der Waals surface area contributed by atoms with Crippen molar-refractivity contribution in [1.29, 1.82) is 0 Å². The van der Waals surface area contributed by atoms with Gasteiger partial charge in [-0.05, 0) is 18.3 Å². The van der Waals surface area contributed by atoms with E-state index in [2.05, 4.69) is 29.1 Å². The summed E-state index contributed by atoms with van der Waals surface area (Å²) in [5.41, 5.74) is 0. The Kier molecular flexibility index (Phi) is 3.41. The van der Waals surface area contributed by atoms with E-state index in [1.54, 1.807) is 0 Å². The monoisotopic (exact) mass is 207 g/mol. The predicted octanol–water partition coefficient (Wildman–Crippen LogP) is 2.32. The molecule has 1 aliphatic rings. The van der Waals surface area contributed by atoms with Crippen molar-refractivity contribution in [3.63, 3.8) is 0 Å². The van der Waals surface area contributed by atoms with E-state index in [9.17, 15) is 0 Å². The minimum absolute atomic E-state index is 0.666. The molecule has 3 heteroatoms. The van der Waals surface area contributed by atoms with Gasteiger partial charge in [0.1, 0.15) is 5.82 Å². The molecule has 1 heterocycles. The van der Waals surface area contributed by atoms with Crippen molar-refractivity contribution >= 4 is 0 Å². The molecular weight excluding hydrogens is 186 g/mol. The second-order valence-corrected chi connectivity index (χ2v) is 4.79. The molecule has 0 bridgehead atoms. The van der Waals surface area contributed by atoms with Crippen LogP contribution in [-0.4, -0.2) is 16.0 Å². The summed E-state index contributed by atoms with van der Waals surface area (Å²) >= 11 is 0. The smallest absolute Gasteiger partial charge is 0.120 e. The van der Waals surface area contributed by atoms with Gasteiger partial charge < -0.3 is 10.3 Å². The van der Waals surface area contributed by atoms with Gasteiger partial charge in [-0.1, -0.05) is 26.7 Å². The zero-order valence-electron chi connectivity index (χ0n) is 9.66. The molecule has 0 aliphatic heterocycles. The second-order valence-electron chi connectivity index (χ2n) is 4.79. The predicted molar refractivity (Wildman–Crippen MR) is 61.4 cm³/mol. The lowest BCUT2D eigenvalue weighted by Gasteiger charge is -2.34. The molecule has 3 nitrogen and oxygen atoms in total. The molecule has 0 spiro atoms. The first-order valence-corrected chi connectivity index (χ1v) is 5.99. The van der Waals surface area contributed by atoms with E-state index in [0.717, 1.165) is 24.2 Å². The van der Waals surface area contributed by atoms with E-state index in [1.165, 1.54) is 19.3 Å². The number of rotatable bonds is 3. The van der Waals surface area contributed by atoms with Gasteiger partial charge in [-0.3, -0.25) is 0 Å². The second kappa shape index (κ2) is 4.79. The fourth-order valence-corrected chi connectivity index (χ4v) is 2.49. The fraction of sp³-hybridized carbons (Fsp3) is 0.750. The van der Waals surface area contributed by atoms with E-state index in [-0.39, 0.29) is 0 Å². The van der Waals surface area contributed by atoms with Crippen molar-refractivity contribution in [1.82, 2.24) is 15.3 Å². The number of nitrogens with one attached hydrogen (secondary N) is 2. The first kappa shape index (κ1) is 10.7. The van der Waals surface area contributed by atoms with Crippen LogP contribution in [0.4, 0.5) is 0 Å². The summed E-state index contributed by atoms with van der Waals surface area (Å²) < 4.78 is 0. The van der Waals surface area contributed by atoms with Gasteiger partial charge in [-0.15, -0.1) is 0 Å². The molecule has 0 radical (unpaired) electrons. The molecule has 0 saturated heterocycles. The maximum atomic E-state index is 4.23. The summed E-state index contributed by atoms with van der Waals surface area (Å²) in [6.07, 6.45) is 7.75. The Labute approximate surface area is 91.7 Å².